The number of hydrogen-bond acceptors (Lipinski definition) is 4. The number of aryl methyl sites for hydroxylation is 1. The number of carbonyl (C=O) groups is 1. The van der Waals surface area contributed by atoms with Gasteiger partial charge in [0.1, 0.15) is 0 Å². The van der Waals surface area contributed by atoms with Crippen molar-refractivity contribution in [3.05, 3.63) is 59.2 Å². The third kappa shape index (κ3) is 1.96. The molecule has 4 rings (SSSR count). The van der Waals surface area contributed by atoms with E-state index in [4.69, 9.17) is 4.52 Å². The van der Waals surface area contributed by atoms with E-state index in [9.17, 15) is 4.79 Å². The fourth-order valence-electron chi connectivity index (χ4n) is 2.43. The van der Waals surface area contributed by atoms with Crippen LogP contribution in [0.3, 0.4) is 0 Å². The molecule has 0 aliphatic heterocycles. The lowest BCUT2D eigenvalue weighted by Crippen LogP contribution is -2.12. The first-order valence-corrected chi connectivity index (χ1v) is 7.53. The molecule has 0 aliphatic rings. The second-order valence-electron chi connectivity index (χ2n) is 4.87. The molecule has 22 heavy (non-hydrogen) atoms. The van der Waals surface area contributed by atoms with Gasteiger partial charge < -0.3 is 9.09 Å². The maximum absolute atomic E-state index is 12.1. The van der Waals surface area contributed by atoms with Gasteiger partial charge in [-0.05, 0) is 11.5 Å². The smallest absolute Gasteiger partial charge is 0.318 e. The molecule has 0 aliphatic carbocycles. The molecular formula is C16H11N3O2S. The SMILES string of the molecule is Cn1c(=NC(=O)c2ccno2)sc2c3ccccc3ccc21. The first-order valence-electron chi connectivity index (χ1n) is 6.71. The van der Waals surface area contributed by atoms with Crippen LogP contribution in [-0.4, -0.2) is 15.6 Å². The van der Waals surface area contributed by atoms with Gasteiger partial charge >= 0.3 is 5.91 Å². The van der Waals surface area contributed by atoms with Crippen molar-refractivity contribution >= 4 is 38.2 Å². The standard InChI is InChI=1S/C16H11N3O2S/c1-19-12-7-6-10-4-2-3-5-11(10)14(12)22-16(19)18-15(20)13-8-9-17-21-13/h2-9H,1H3. The fraction of sp³-hybridized carbons (Fsp3) is 0.0625. The van der Waals surface area contributed by atoms with E-state index in [1.54, 1.807) is 0 Å². The topological polar surface area (TPSA) is 60.4 Å². The Labute approximate surface area is 129 Å². The highest BCUT2D eigenvalue weighted by atomic mass is 32.1. The molecule has 0 saturated carbocycles. The van der Waals surface area contributed by atoms with Crippen molar-refractivity contribution in [2.75, 3.05) is 0 Å². The molecule has 2 aromatic heterocycles. The summed E-state index contributed by atoms with van der Waals surface area (Å²) in [4.78, 5) is 16.8. The van der Waals surface area contributed by atoms with Crippen LogP contribution in [0.5, 0.6) is 0 Å². The summed E-state index contributed by atoms with van der Waals surface area (Å²) in [5, 5.41) is 5.86. The number of hydrogen-bond donors (Lipinski definition) is 0. The van der Waals surface area contributed by atoms with Gasteiger partial charge in [0.25, 0.3) is 0 Å². The van der Waals surface area contributed by atoms with Crippen LogP contribution in [-0.2, 0) is 7.05 Å². The first kappa shape index (κ1) is 13.0. The molecule has 108 valence electrons. The molecule has 6 heteroatoms. The van der Waals surface area contributed by atoms with Crippen LogP contribution >= 0.6 is 11.3 Å². The van der Waals surface area contributed by atoms with Gasteiger partial charge in [0.05, 0.1) is 16.4 Å². The maximum Gasteiger partial charge on any atom is 0.318 e. The van der Waals surface area contributed by atoms with Gasteiger partial charge in [0.15, 0.2) is 4.80 Å². The Kier molecular flexibility index (Phi) is 2.90. The predicted molar refractivity (Wildman–Crippen MR) is 84.7 cm³/mol. The summed E-state index contributed by atoms with van der Waals surface area (Å²) in [5.74, 6) is -0.286. The average Bonchev–Trinajstić information content (AvgIpc) is 3.17. The van der Waals surface area contributed by atoms with Crippen molar-refractivity contribution in [3.8, 4) is 0 Å². The molecule has 2 aromatic carbocycles. The van der Waals surface area contributed by atoms with Gasteiger partial charge in [-0.1, -0.05) is 46.8 Å². The zero-order valence-corrected chi connectivity index (χ0v) is 12.5. The van der Waals surface area contributed by atoms with Crippen LogP contribution in [0.1, 0.15) is 10.6 Å². The van der Waals surface area contributed by atoms with Crippen LogP contribution in [0.4, 0.5) is 0 Å². The Morgan fingerprint density at radius 2 is 2.09 bits per heavy atom. The third-order valence-corrected chi connectivity index (χ3v) is 4.73. The van der Waals surface area contributed by atoms with Crippen LogP contribution < -0.4 is 4.80 Å². The van der Waals surface area contributed by atoms with E-state index in [0.29, 0.717) is 4.80 Å². The largest absolute Gasteiger partial charge is 0.351 e. The molecule has 1 amide bonds. The van der Waals surface area contributed by atoms with Crippen molar-refractivity contribution in [3.63, 3.8) is 0 Å². The second-order valence-corrected chi connectivity index (χ2v) is 5.85. The van der Waals surface area contributed by atoms with Gasteiger partial charge in [-0.2, -0.15) is 4.99 Å². The number of carbonyl (C=O) groups excluding carboxylic acids is 1. The number of amides is 1. The minimum atomic E-state index is -0.427. The van der Waals surface area contributed by atoms with E-state index in [1.165, 1.54) is 29.0 Å². The van der Waals surface area contributed by atoms with Crippen LogP contribution in [0.2, 0.25) is 0 Å². The average molecular weight is 309 g/mol. The summed E-state index contributed by atoms with van der Waals surface area (Å²) in [6, 6.07) is 13.8. The Balaban J connectivity index is 1.98. The minimum absolute atomic E-state index is 0.141. The second kappa shape index (κ2) is 4.92. The Morgan fingerprint density at radius 1 is 1.23 bits per heavy atom. The lowest BCUT2D eigenvalue weighted by Gasteiger charge is -1.99. The Hall–Kier alpha value is -2.73. The highest BCUT2D eigenvalue weighted by Gasteiger charge is 2.11. The molecule has 0 bridgehead atoms. The third-order valence-electron chi connectivity index (χ3n) is 3.55. The molecule has 0 fully saturated rings. The molecule has 0 unspecified atom stereocenters. The van der Waals surface area contributed by atoms with Crippen molar-refractivity contribution in [2.45, 2.75) is 0 Å². The van der Waals surface area contributed by atoms with Gasteiger partial charge in [0.2, 0.25) is 5.76 Å². The van der Waals surface area contributed by atoms with Crippen molar-refractivity contribution in [1.29, 1.82) is 0 Å². The Morgan fingerprint density at radius 3 is 2.91 bits per heavy atom. The van der Waals surface area contributed by atoms with Crippen LogP contribution in [0.15, 0.2) is 58.2 Å². The number of fused-ring (bicyclic) bond motifs is 3. The van der Waals surface area contributed by atoms with Gasteiger partial charge in [-0.3, -0.25) is 4.79 Å². The predicted octanol–water partition coefficient (Wildman–Crippen LogP) is 3.12. The number of thiazole rings is 1. The number of nitrogens with zero attached hydrogens (tertiary/aromatic N) is 3. The quantitative estimate of drug-likeness (QED) is 0.543. The van der Waals surface area contributed by atoms with E-state index in [0.717, 1.165) is 15.6 Å². The summed E-state index contributed by atoms with van der Waals surface area (Å²) in [6.45, 7) is 0. The highest BCUT2D eigenvalue weighted by Crippen LogP contribution is 2.27. The lowest BCUT2D eigenvalue weighted by molar-refractivity contribution is 0.0962. The zero-order valence-electron chi connectivity index (χ0n) is 11.7. The van der Waals surface area contributed by atoms with Gasteiger partial charge in [0, 0.05) is 18.5 Å². The van der Waals surface area contributed by atoms with E-state index in [-0.39, 0.29) is 5.76 Å². The van der Waals surface area contributed by atoms with Crippen LogP contribution in [0.25, 0.3) is 21.0 Å². The van der Waals surface area contributed by atoms with Gasteiger partial charge in [-0.15, -0.1) is 0 Å². The zero-order chi connectivity index (χ0) is 15.1. The fourth-order valence-corrected chi connectivity index (χ4v) is 3.58. The molecule has 0 atom stereocenters. The van der Waals surface area contributed by atoms with Crippen molar-refractivity contribution in [2.24, 2.45) is 12.0 Å². The molecular weight excluding hydrogens is 298 g/mol. The Bertz CT molecular complexity index is 1060. The molecule has 0 radical (unpaired) electrons. The highest BCUT2D eigenvalue weighted by molar-refractivity contribution is 7.17. The van der Waals surface area contributed by atoms with Crippen molar-refractivity contribution < 1.29 is 9.32 Å². The first-order chi connectivity index (χ1) is 10.7. The number of benzene rings is 2. The van der Waals surface area contributed by atoms with E-state index in [1.807, 2.05) is 29.8 Å². The lowest BCUT2D eigenvalue weighted by atomic mass is 10.1. The van der Waals surface area contributed by atoms with E-state index in [2.05, 4.69) is 28.3 Å². The summed E-state index contributed by atoms with van der Waals surface area (Å²) in [6.07, 6.45) is 1.43. The normalized spacial score (nSPS) is 12.3. The van der Waals surface area contributed by atoms with E-state index < -0.39 is 5.91 Å². The molecule has 0 saturated heterocycles. The summed E-state index contributed by atoms with van der Waals surface area (Å²) in [5.41, 5.74) is 1.05. The van der Waals surface area contributed by atoms with Gasteiger partial charge in [-0.25, -0.2) is 0 Å². The summed E-state index contributed by atoms with van der Waals surface area (Å²) >= 11 is 1.49. The molecule has 2 heterocycles. The minimum Gasteiger partial charge on any atom is -0.351 e. The molecule has 4 aromatic rings. The van der Waals surface area contributed by atoms with Crippen molar-refractivity contribution in [1.82, 2.24) is 9.72 Å². The maximum atomic E-state index is 12.1. The molecule has 0 N–H and O–H groups in total. The monoisotopic (exact) mass is 309 g/mol. The number of rotatable bonds is 1. The van der Waals surface area contributed by atoms with E-state index >= 15 is 0 Å². The summed E-state index contributed by atoms with van der Waals surface area (Å²) in [7, 11) is 1.90. The molecule has 0 spiro atoms. The number of aromatic nitrogens is 2. The van der Waals surface area contributed by atoms with Crippen LogP contribution in [0, 0.1) is 0 Å². The summed E-state index contributed by atoms with van der Waals surface area (Å²) < 4.78 is 7.89. The molecule has 5 nitrogen and oxygen atoms in total.